The predicted octanol–water partition coefficient (Wildman–Crippen LogP) is 4.92. The number of hydrogen-bond acceptors (Lipinski definition) is 2. The SMILES string of the molecule is CCC(=O)N1CC(=O)N(C(C)C)C(c2ccc(Cl)cc2)C1c1cccc(C)c1. The van der Waals surface area contributed by atoms with Crippen molar-refractivity contribution in [3.8, 4) is 0 Å². The Labute approximate surface area is 172 Å². The number of amides is 2. The van der Waals surface area contributed by atoms with E-state index in [1.807, 2.05) is 75.1 Å². The fourth-order valence-electron chi connectivity index (χ4n) is 4.08. The largest absolute Gasteiger partial charge is 0.329 e. The van der Waals surface area contributed by atoms with Gasteiger partial charge < -0.3 is 9.80 Å². The van der Waals surface area contributed by atoms with Crippen LogP contribution in [-0.2, 0) is 9.59 Å². The Morgan fingerprint density at radius 3 is 2.36 bits per heavy atom. The molecule has 1 saturated heterocycles. The van der Waals surface area contributed by atoms with E-state index in [1.54, 1.807) is 4.90 Å². The van der Waals surface area contributed by atoms with Gasteiger partial charge in [-0.1, -0.05) is 60.5 Å². The van der Waals surface area contributed by atoms with Crippen LogP contribution in [0.4, 0.5) is 0 Å². The molecule has 1 fully saturated rings. The van der Waals surface area contributed by atoms with Crippen LogP contribution in [0.15, 0.2) is 48.5 Å². The first-order chi connectivity index (χ1) is 13.3. The van der Waals surface area contributed by atoms with E-state index in [4.69, 9.17) is 11.6 Å². The fourth-order valence-corrected chi connectivity index (χ4v) is 4.20. The Morgan fingerprint density at radius 2 is 1.79 bits per heavy atom. The Morgan fingerprint density at radius 1 is 1.11 bits per heavy atom. The molecular weight excluding hydrogens is 372 g/mol. The van der Waals surface area contributed by atoms with Gasteiger partial charge in [-0.2, -0.15) is 0 Å². The van der Waals surface area contributed by atoms with Crippen LogP contribution < -0.4 is 0 Å². The van der Waals surface area contributed by atoms with Gasteiger partial charge in [0.25, 0.3) is 0 Å². The number of halogens is 1. The molecule has 5 heteroatoms. The molecule has 0 aliphatic carbocycles. The molecular formula is C23H27ClN2O2. The molecule has 1 heterocycles. The Balaban J connectivity index is 2.21. The van der Waals surface area contributed by atoms with Crippen LogP contribution in [0, 0.1) is 6.92 Å². The summed E-state index contributed by atoms with van der Waals surface area (Å²) in [6, 6.07) is 15.3. The van der Waals surface area contributed by atoms with Gasteiger partial charge in [0.05, 0.1) is 12.1 Å². The zero-order valence-corrected chi connectivity index (χ0v) is 17.6. The van der Waals surface area contributed by atoms with E-state index in [0.717, 1.165) is 16.7 Å². The standard InChI is InChI=1S/C23H27ClN2O2/c1-5-20(27)25-14-21(28)26(15(2)3)23(17-9-11-19(24)12-10-17)22(25)18-8-6-7-16(4)13-18/h6-13,15,22-23H,5,14H2,1-4H3. The van der Waals surface area contributed by atoms with Crippen LogP contribution in [0.2, 0.25) is 5.02 Å². The molecule has 0 aromatic heterocycles. The number of benzene rings is 2. The quantitative estimate of drug-likeness (QED) is 0.733. The molecule has 0 saturated carbocycles. The van der Waals surface area contributed by atoms with Crippen LogP contribution in [0.25, 0.3) is 0 Å². The predicted molar refractivity (Wildman–Crippen MR) is 112 cm³/mol. The van der Waals surface area contributed by atoms with Gasteiger partial charge in [0.1, 0.15) is 6.54 Å². The molecule has 28 heavy (non-hydrogen) atoms. The zero-order chi connectivity index (χ0) is 20.4. The Kier molecular flexibility index (Phi) is 6.09. The van der Waals surface area contributed by atoms with Crippen molar-refractivity contribution in [2.45, 2.75) is 52.2 Å². The molecule has 0 radical (unpaired) electrons. The molecule has 2 unspecified atom stereocenters. The third kappa shape index (κ3) is 3.93. The maximum absolute atomic E-state index is 13.1. The highest BCUT2D eigenvalue weighted by molar-refractivity contribution is 6.30. The van der Waals surface area contributed by atoms with Gasteiger partial charge in [-0.15, -0.1) is 0 Å². The second kappa shape index (κ2) is 8.36. The smallest absolute Gasteiger partial charge is 0.243 e. The van der Waals surface area contributed by atoms with Crippen LogP contribution in [0.1, 0.15) is 56.0 Å². The third-order valence-electron chi connectivity index (χ3n) is 5.30. The maximum atomic E-state index is 13.1. The number of aryl methyl sites for hydroxylation is 1. The Hall–Kier alpha value is -2.33. The van der Waals surface area contributed by atoms with Crippen molar-refractivity contribution in [3.63, 3.8) is 0 Å². The van der Waals surface area contributed by atoms with Gasteiger partial charge in [0.2, 0.25) is 11.8 Å². The average Bonchev–Trinajstić information content (AvgIpc) is 2.66. The minimum atomic E-state index is -0.268. The molecule has 4 nitrogen and oxygen atoms in total. The number of piperazine rings is 1. The van der Waals surface area contributed by atoms with Crippen molar-refractivity contribution in [2.75, 3.05) is 6.54 Å². The van der Waals surface area contributed by atoms with Gasteiger partial charge in [0.15, 0.2) is 0 Å². The molecule has 3 rings (SSSR count). The summed E-state index contributed by atoms with van der Waals surface area (Å²) in [6.45, 7) is 8.03. The summed E-state index contributed by atoms with van der Waals surface area (Å²) >= 11 is 6.11. The molecule has 1 aliphatic rings. The second-order valence-electron chi connectivity index (χ2n) is 7.63. The van der Waals surface area contributed by atoms with Gasteiger partial charge in [-0.05, 0) is 44.0 Å². The van der Waals surface area contributed by atoms with E-state index in [2.05, 4.69) is 6.07 Å². The van der Waals surface area contributed by atoms with E-state index >= 15 is 0 Å². The molecule has 2 atom stereocenters. The van der Waals surface area contributed by atoms with Crippen molar-refractivity contribution in [2.24, 2.45) is 0 Å². The van der Waals surface area contributed by atoms with Crippen molar-refractivity contribution in [3.05, 3.63) is 70.2 Å². The highest BCUT2D eigenvalue weighted by Crippen LogP contribution is 2.43. The van der Waals surface area contributed by atoms with E-state index < -0.39 is 0 Å². The highest BCUT2D eigenvalue weighted by atomic mass is 35.5. The van der Waals surface area contributed by atoms with Gasteiger partial charge >= 0.3 is 0 Å². The van der Waals surface area contributed by atoms with E-state index in [1.165, 1.54) is 0 Å². The van der Waals surface area contributed by atoms with Gasteiger partial charge in [-0.3, -0.25) is 9.59 Å². The minimum Gasteiger partial charge on any atom is -0.329 e. The van der Waals surface area contributed by atoms with Gasteiger partial charge in [0, 0.05) is 17.5 Å². The first-order valence-electron chi connectivity index (χ1n) is 9.76. The minimum absolute atomic E-state index is 0.0118. The fraction of sp³-hybridized carbons (Fsp3) is 0.391. The molecule has 0 N–H and O–H groups in total. The van der Waals surface area contributed by atoms with Crippen LogP contribution >= 0.6 is 11.6 Å². The van der Waals surface area contributed by atoms with E-state index in [9.17, 15) is 9.59 Å². The number of carbonyl (C=O) groups excluding carboxylic acids is 2. The Bertz CT molecular complexity index is 863. The molecule has 0 spiro atoms. The number of nitrogens with zero attached hydrogens (tertiary/aromatic N) is 2. The lowest BCUT2D eigenvalue weighted by molar-refractivity contribution is -0.156. The summed E-state index contributed by atoms with van der Waals surface area (Å²) in [5.74, 6) is -0.0390. The number of rotatable bonds is 4. The lowest BCUT2D eigenvalue weighted by atomic mass is 9.87. The summed E-state index contributed by atoms with van der Waals surface area (Å²) < 4.78 is 0. The van der Waals surface area contributed by atoms with Crippen LogP contribution in [0.3, 0.4) is 0 Å². The second-order valence-corrected chi connectivity index (χ2v) is 8.06. The summed E-state index contributed by atoms with van der Waals surface area (Å²) in [4.78, 5) is 29.5. The summed E-state index contributed by atoms with van der Waals surface area (Å²) in [5, 5.41) is 0.649. The number of hydrogen-bond donors (Lipinski definition) is 0. The highest BCUT2D eigenvalue weighted by Gasteiger charge is 2.44. The van der Waals surface area contributed by atoms with Gasteiger partial charge in [-0.25, -0.2) is 0 Å². The first kappa shape index (κ1) is 20.4. The molecule has 2 aromatic rings. The zero-order valence-electron chi connectivity index (χ0n) is 16.9. The molecule has 0 bridgehead atoms. The molecule has 2 amide bonds. The maximum Gasteiger partial charge on any atom is 0.243 e. The van der Waals surface area contributed by atoms with Crippen molar-refractivity contribution >= 4 is 23.4 Å². The number of carbonyl (C=O) groups is 2. The first-order valence-corrected chi connectivity index (χ1v) is 10.1. The van der Waals surface area contributed by atoms with Crippen molar-refractivity contribution < 1.29 is 9.59 Å². The summed E-state index contributed by atoms with van der Waals surface area (Å²) in [6.07, 6.45) is 0.366. The van der Waals surface area contributed by atoms with Crippen molar-refractivity contribution in [1.82, 2.24) is 9.80 Å². The van der Waals surface area contributed by atoms with Crippen molar-refractivity contribution in [1.29, 1.82) is 0 Å². The lowest BCUT2D eigenvalue weighted by Gasteiger charge is -2.49. The molecule has 1 aliphatic heterocycles. The summed E-state index contributed by atoms with van der Waals surface area (Å²) in [5.41, 5.74) is 3.15. The third-order valence-corrected chi connectivity index (χ3v) is 5.55. The monoisotopic (exact) mass is 398 g/mol. The summed E-state index contributed by atoms with van der Waals surface area (Å²) in [7, 11) is 0. The van der Waals surface area contributed by atoms with Crippen LogP contribution in [-0.4, -0.2) is 34.2 Å². The van der Waals surface area contributed by atoms with E-state index in [0.29, 0.717) is 11.4 Å². The lowest BCUT2D eigenvalue weighted by Crippen LogP contribution is -2.57. The molecule has 148 valence electrons. The molecule has 2 aromatic carbocycles. The topological polar surface area (TPSA) is 40.6 Å². The van der Waals surface area contributed by atoms with E-state index in [-0.39, 0.29) is 36.5 Å². The average molecular weight is 399 g/mol. The van der Waals surface area contributed by atoms with Crippen LogP contribution in [0.5, 0.6) is 0 Å². The normalized spacial score (nSPS) is 20.0.